The van der Waals surface area contributed by atoms with Crippen molar-refractivity contribution in [3.05, 3.63) is 22.8 Å². The van der Waals surface area contributed by atoms with Gasteiger partial charge in [-0.05, 0) is 41.4 Å². The number of nitrogens with two attached hydrogens (primary N) is 1. The van der Waals surface area contributed by atoms with E-state index in [-0.39, 0.29) is 6.04 Å². The van der Waals surface area contributed by atoms with E-state index in [2.05, 4.69) is 25.8 Å². The average molecular weight is 258 g/mol. The van der Waals surface area contributed by atoms with Crippen molar-refractivity contribution in [1.29, 1.82) is 0 Å². The van der Waals surface area contributed by atoms with Gasteiger partial charge in [0, 0.05) is 30.3 Å². The SMILES string of the molecule is CC(N)CCN(C)c1ccc(Br)cn1. The second-order valence-electron chi connectivity index (χ2n) is 3.52. The van der Waals surface area contributed by atoms with E-state index in [0.29, 0.717) is 0 Å². The Balaban J connectivity index is 2.52. The van der Waals surface area contributed by atoms with Crippen LogP contribution in [0.3, 0.4) is 0 Å². The highest BCUT2D eigenvalue weighted by molar-refractivity contribution is 9.10. The van der Waals surface area contributed by atoms with Crippen LogP contribution in [0.25, 0.3) is 0 Å². The predicted octanol–water partition coefficient (Wildman–Crippen LogP) is 2.02. The molecule has 0 spiro atoms. The lowest BCUT2D eigenvalue weighted by Crippen LogP contribution is -2.26. The molecule has 0 bridgehead atoms. The molecule has 4 heteroatoms. The molecule has 3 nitrogen and oxygen atoms in total. The second kappa shape index (κ2) is 5.32. The van der Waals surface area contributed by atoms with Crippen molar-refractivity contribution in [3.8, 4) is 0 Å². The molecule has 1 rings (SSSR count). The highest BCUT2D eigenvalue weighted by atomic mass is 79.9. The molecular weight excluding hydrogens is 242 g/mol. The molecule has 1 unspecified atom stereocenters. The van der Waals surface area contributed by atoms with Gasteiger partial charge in [-0.2, -0.15) is 0 Å². The lowest BCUT2D eigenvalue weighted by molar-refractivity contribution is 0.656. The maximum absolute atomic E-state index is 5.69. The Labute approximate surface area is 93.4 Å². The van der Waals surface area contributed by atoms with Crippen LogP contribution in [-0.2, 0) is 0 Å². The Morgan fingerprint density at radius 2 is 2.29 bits per heavy atom. The topological polar surface area (TPSA) is 42.1 Å². The van der Waals surface area contributed by atoms with Gasteiger partial charge in [-0.1, -0.05) is 0 Å². The minimum atomic E-state index is 0.243. The summed E-state index contributed by atoms with van der Waals surface area (Å²) < 4.78 is 1.00. The zero-order valence-corrected chi connectivity index (χ0v) is 10.2. The minimum Gasteiger partial charge on any atom is -0.360 e. The molecule has 0 radical (unpaired) electrons. The van der Waals surface area contributed by atoms with Crippen LogP contribution in [0.5, 0.6) is 0 Å². The number of pyridine rings is 1. The summed E-state index contributed by atoms with van der Waals surface area (Å²) in [7, 11) is 2.03. The molecule has 78 valence electrons. The molecule has 0 aromatic carbocycles. The summed E-state index contributed by atoms with van der Waals surface area (Å²) in [5.74, 6) is 0.980. The maximum Gasteiger partial charge on any atom is 0.128 e. The number of nitrogens with zero attached hydrogens (tertiary/aromatic N) is 2. The zero-order valence-electron chi connectivity index (χ0n) is 8.57. The first-order chi connectivity index (χ1) is 6.59. The van der Waals surface area contributed by atoms with Crippen LogP contribution < -0.4 is 10.6 Å². The maximum atomic E-state index is 5.69. The first-order valence-electron chi connectivity index (χ1n) is 4.68. The molecule has 2 N–H and O–H groups in total. The predicted molar refractivity (Wildman–Crippen MR) is 63.5 cm³/mol. The van der Waals surface area contributed by atoms with Gasteiger partial charge < -0.3 is 10.6 Å². The number of halogens is 1. The molecule has 1 aromatic rings. The third-order valence-corrected chi connectivity index (χ3v) is 2.49. The molecule has 0 saturated heterocycles. The van der Waals surface area contributed by atoms with Crippen molar-refractivity contribution in [1.82, 2.24) is 4.98 Å². The van der Waals surface area contributed by atoms with Crippen molar-refractivity contribution in [2.75, 3.05) is 18.5 Å². The molecule has 1 atom stereocenters. The van der Waals surface area contributed by atoms with Crippen LogP contribution in [0.2, 0.25) is 0 Å². The first-order valence-corrected chi connectivity index (χ1v) is 5.47. The van der Waals surface area contributed by atoms with Crippen LogP contribution >= 0.6 is 15.9 Å². The summed E-state index contributed by atoms with van der Waals surface area (Å²) in [6.45, 7) is 2.95. The molecule has 14 heavy (non-hydrogen) atoms. The fraction of sp³-hybridized carbons (Fsp3) is 0.500. The van der Waals surface area contributed by atoms with Gasteiger partial charge >= 0.3 is 0 Å². The Bertz CT molecular complexity index is 271. The van der Waals surface area contributed by atoms with Gasteiger partial charge in [0.25, 0.3) is 0 Å². The van der Waals surface area contributed by atoms with Crippen LogP contribution in [0, 0.1) is 0 Å². The summed E-state index contributed by atoms with van der Waals surface area (Å²) in [6.07, 6.45) is 2.78. The van der Waals surface area contributed by atoms with E-state index in [0.717, 1.165) is 23.3 Å². The van der Waals surface area contributed by atoms with E-state index in [9.17, 15) is 0 Å². The normalized spacial score (nSPS) is 12.6. The Kier molecular flexibility index (Phi) is 4.35. The molecule has 1 aromatic heterocycles. The number of anilines is 1. The van der Waals surface area contributed by atoms with Gasteiger partial charge in [0.2, 0.25) is 0 Å². The number of hydrogen-bond acceptors (Lipinski definition) is 3. The molecule has 0 saturated carbocycles. The lowest BCUT2D eigenvalue weighted by atomic mass is 10.2. The number of rotatable bonds is 4. The molecule has 0 aliphatic heterocycles. The van der Waals surface area contributed by atoms with Crippen molar-refractivity contribution in [2.24, 2.45) is 5.73 Å². The van der Waals surface area contributed by atoms with Crippen molar-refractivity contribution in [3.63, 3.8) is 0 Å². The lowest BCUT2D eigenvalue weighted by Gasteiger charge is -2.18. The van der Waals surface area contributed by atoms with E-state index in [1.165, 1.54) is 0 Å². The van der Waals surface area contributed by atoms with Crippen molar-refractivity contribution >= 4 is 21.7 Å². The summed E-state index contributed by atoms with van der Waals surface area (Å²) in [6, 6.07) is 4.23. The largest absolute Gasteiger partial charge is 0.360 e. The number of hydrogen-bond donors (Lipinski definition) is 1. The molecule has 1 heterocycles. The third kappa shape index (κ3) is 3.64. The standard InChI is InChI=1S/C10H16BrN3/c1-8(12)5-6-14(2)10-4-3-9(11)7-13-10/h3-4,7-8H,5-6,12H2,1-2H3. The second-order valence-corrected chi connectivity index (χ2v) is 4.44. The van der Waals surface area contributed by atoms with Crippen LogP contribution in [-0.4, -0.2) is 24.6 Å². The number of aromatic nitrogens is 1. The first kappa shape index (κ1) is 11.5. The van der Waals surface area contributed by atoms with Crippen LogP contribution in [0.1, 0.15) is 13.3 Å². The Morgan fingerprint density at radius 3 is 2.79 bits per heavy atom. The highest BCUT2D eigenvalue weighted by Crippen LogP contribution is 2.13. The van der Waals surface area contributed by atoms with E-state index in [1.54, 1.807) is 6.20 Å². The van der Waals surface area contributed by atoms with Gasteiger partial charge in [0.1, 0.15) is 5.82 Å². The third-order valence-electron chi connectivity index (χ3n) is 2.02. The van der Waals surface area contributed by atoms with E-state index in [4.69, 9.17) is 5.73 Å². The van der Waals surface area contributed by atoms with Gasteiger partial charge in [0.15, 0.2) is 0 Å². The van der Waals surface area contributed by atoms with E-state index >= 15 is 0 Å². The zero-order chi connectivity index (χ0) is 10.6. The average Bonchev–Trinajstić information content (AvgIpc) is 2.15. The fourth-order valence-corrected chi connectivity index (χ4v) is 1.34. The fourth-order valence-electron chi connectivity index (χ4n) is 1.11. The molecule has 0 fully saturated rings. The summed E-state index contributed by atoms with van der Waals surface area (Å²) in [5, 5.41) is 0. The molecule has 0 aliphatic rings. The van der Waals surface area contributed by atoms with Gasteiger partial charge in [-0.25, -0.2) is 4.98 Å². The summed E-state index contributed by atoms with van der Waals surface area (Å²) >= 11 is 3.36. The molecule has 0 aliphatic carbocycles. The quantitative estimate of drug-likeness (QED) is 0.898. The Morgan fingerprint density at radius 1 is 1.57 bits per heavy atom. The summed E-state index contributed by atoms with van der Waals surface area (Å²) in [4.78, 5) is 6.40. The van der Waals surface area contributed by atoms with Gasteiger partial charge in [0.05, 0.1) is 0 Å². The summed E-state index contributed by atoms with van der Waals surface area (Å²) in [5.41, 5.74) is 5.69. The molecule has 0 amide bonds. The van der Waals surface area contributed by atoms with E-state index < -0.39 is 0 Å². The monoisotopic (exact) mass is 257 g/mol. The van der Waals surface area contributed by atoms with E-state index in [1.807, 2.05) is 26.1 Å². The van der Waals surface area contributed by atoms with Gasteiger partial charge in [-0.15, -0.1) is 0 Å². The van der Waals surface area contributed by atoms with Crippen molar-refractivity contribution < 1.29 is 0 Å². The smallest absolute Gasteiger partial charge is 0.128 e. The highest BCUT2D eigenvalue weighted by Gasteiger charge is 2.02. The van der Waals surface area contributed by atoms with Crippen molar-refractivity contribution in [2.45, 2.75) is 19.4 Å². The van der Waals surface area contributed by atoms with Crippen LogP contribution in [0.4, 0.5) is 5.82 Å². The minimum absolute atomic E-state index is 0.243. The molecular formula is C10H16BrN3. The van der Waals surface area contributed by atoms with Gasteiger partial charge in [-0.3, -0.25) is 0 Å². The van der Waals surface area contributed by atoms with Crippen LogP contribution in [0.15, 0.2) is 22.8 Å². The Hall–Kier alpha value is -0.610.